The van der Waals surface area contributed by atoms with Gasteiger partial charge in [0.05, 0.1) is 16.0 Å². The molecule has 0 atom stereocenters. The summed E-state index contributed by atoms with van der Waals surface area (Å²) in [5.74, 6) is 0.208. The highest BCUT2D eigenvalue weighted by Crippen LogP contribution is 2.23. The summed E-state index contributed by atoms with van der Waals surface area (Å²) in [5, 5.41) is 3.45. The van der Waals surface area contributed by atoms with Crippen LogP contribution in [0.15, 0.2) is 24.3 Å². The molecule has 4 nitrogen and oxygen atoms in total. The van der Waals surface area contributed by atoms with Gasteiger partial charge in [0.2, 0.25) is 5.91 Å². The second-order valence-electron chi connectivity index (χ2n) is 6.54. The first kappa shape index (κ1) is 18.1. The molecule has 1 heterocycles. The summed E-state index contributed by atoms with van der Waals surface area (Å²) in [7, 11) is 0. The molecule has 1 aliphatic heterocycles. The van der Waals surface area contributed by atoms with E-state index in [4.69, 9.17) is 23.2 Å². The van der Waals surface area contributed by atoms with E-state index >= 15 is 0 Å². The topological polar surface area (TPSA) is 49.4 Å². The fourth-order valence-electron chi connectivity index (χ4n) is 2.62. The lowest BCUT2D eigenvalue weighted by atomic mass is 9.92. The fraction of sp³-hybridized carbons (Fsp3) is 0.529. The second-order valence-corrected chi connectivity index (χ2v) is 7.21. The normalized spacial score (nSPS) is 16.3. The number of halogens is 2. The van der Waals surface area contributed by atoms with Crippen molar-refractivity contribution in [2.45, 2.75) is 32.7 Å². The van der Waals surface area contributed by atoms with Gasteiger partial charge in [-0.2, -0.15) is 0 Å². The molecule has 126 valence electrons. The van der Waals surface area contributed by atoms with E-state index in [-0.39, 0.29) is 17.9 Å². The van der Waals surface area contributed by atoms with E-state index in [0.717, 1.165) is 12.8 Å². The van der Waals surface area contributed by atoms with Gasteiger partial charge in [-0.05, 0) is 38.8 Å². The smallest absolute Gasteiger partial charge is 0.253 e. The largest absolute Gasteiger partial charge is 0.349 e. The zero-order chi connectivity index (χ0) is 17.0. The van der Waals surface area contributed by atoms with Gasteiger partial charge in [0.1, 0.15) is 0 Å². The zero-order valence-electron chi connectivity index (χ0n) is 13.4. The molecule has 2 rings (SSSR count). The molecule has 0 bridgehead atoms. The molecular formula is C17H22Cl2N2O2. The molecule has 0 unspecified atom stereocenters. The van der Waals surface area contributed by atoms with Crippen LogP contribution >= 0.6 is 23.2 Å². The monoisotopic (exact) mass is 356 g/mol. The molecule has 1 N–H and O–H groups in total. The SMILES string of the molecule is CC(C)(CCl)C(=O)N1CCC(NC(=O)c2ccccc2Cl)CC1. The number of likely N-dealkylation sites (tertiary alicyclic amines) is 1. The Balaban J connectivity index is 1.89. The Morgan fingerprint density at radius 2 is 1.87 bits per heavy atom. The first-order valence-electron chi connectivity index (χ1n) is 7.76. The van der Waals surface area contributed by atoms with Crippen LogP contribution < -0.4 is 5.32 Å². The van der Waals surface area contributed by atoms with Gasteiger partial charge in [-0.25, -0.2) is 0 Å². The number of nitrogens with zero attached hydrogens (tertiary/aromatic N) is 1. The van der Waals surface area contributed by atoms with Crippen molar-refractivity contribution in [3.05, 3.63) is 34.9 Å². The minimum Gasteiger partial charge on any atom is -0.349 e. The Bertz CT molecular complexity index is 582. The molecule has 0 spiro atoms. The summed E-state index contributed by atoms with van der Waals surface area (Å²) in [6.07, 6.45) is 1.47. The summed E-state index contributed by atoms with van der Waals surface area (Å²) in [6, 6.07) is 7.05. The number of carbonyl (C=O) groups is 2. The highest BCUT2D eigenvalue weighted by molar-refractivity contribution is 6.33. The molecule has 0 radical (unpaired) electrons. The van der Waals surface area contributed by atoms with Crippen molar-refractivity contribution >= 4 is 35.0 Å². The molecule has 1 fully saturated rings. The summed E-state index contributed by atoms with van der Waals surface area (Å²) >= 11 is 11.9. The van der Waals surface area contributed by atoms with Crippen molar-refractivity contribution in [2.75, 3.05) is 19.0 Å². The number of carbonyl (C=O) groups excluding carboxylic acids is 2. The maximum absolute atomic E-state index is 12.4. The Hall–Kier alpha value is -1.26. The van der Waals surface area contributed by atoms with E-state index in [9.17, 15) is 9.59 Å². The van der Waals surface area contributed by atoms with Gasteiger partial charge in [0, 0.05) is 25.0 Å². The Kier molecular flexibility index (Phi) is 5.93. The molecule has 0 aliphatic carbocycles. The standard InChI is InChI=1S/C17H22Cl2N2O2/c1-17(2,11-18)16(23)21-9-7-12(8-10-21)20-15(22)13-5-3-4-6-14(13)19/h3-6,12H,7-11H2,1-2H3,(H,20,22). The number of nitrogens with one attached hydrogen (secondary N) is 1. The van der Waals surface area contributed by atoms with Crippen LogP contribution in [0.25, 0.3) is 0 Å². The van der Waals surface area contributed by atoms with Crippen molar-refractivity contribution in [3.8, 4) is 0 Å². The van der Waals surface area contributed by atoms with Gasteiger partial charge in [-0.1, -0.05) is 23.7 Å². The quantitative estimate of drug-likeness (QED) is 0.841. The molecule has 2 amide bonds. The molecule has 1 saturated heterocycles. The van der Waals surface area contributed by atoms with Gasteiger partial charge in [0.15, 0.2) is 0 Å². The predicted molar refractivity (Wildman–Crippen MR) is 93.0 cm³/mol. The number of piperidine rings is 1. The van der Waals surface area contributed by atoms with Crippen molar-refractivity contribution < 1.29 is 9.59 Å². The van der Waals surface area contributed by atoms with Crippen molar-refractivity contribution in [1.29, 1.82) is 0 Å². The van der Waals surface area contributed by atoms with E-state index in [1.54, 1.807) is 24.3 Å². The maximum atomic E-state index is 12.4. The van der Waals surface area contributed by atoms with Crippen LogP contribution in [0.5, 0.6) is 0 Å². The minimum absolute atomic E-state index is 0.0573. The van der Waals surface area contributed by atoms with Gasteiger partial charge >= 0.3 is 0 Å². The summed E-state index contributed by atoms with van der Waals surface area (Å²) in [6.45, 7) is 4.97. The van der Waals surface area contributed by atoms with Crippen LogP contribution in [-0.4, -0.2) is 41.7 Å². The maximum Gasteiger partial charge on any atom is 0.253 e. The van der Waals surface area contributed by atoms with E-state index in [0.29, 0.717) is 29.6 Å². The molecule has 0 saturated carbocycles. The Morgan fingerprint density at radius 1 is 1.26 bits per heavy atom. The Morgan fingerprint density at radius 3 is 2.43 bits per heavy atom. The minimum atomic E-state index is -0.546. The number of alkyl halides is 1. The third-order valence-corrected chi connectivity index (χ3v) is 5.15. The van der Waals surface area contributed by atoms with Crippen LogP contribution in [0, 0.1) is 5.41 Å². The third-order valence-electron chi connectivity index (χ3n) is 4.15. The molecular weight excluding hydrogens is 335 g/mol. The number of benzene rings is 1. The lowest BCUT2D eigenvalue weighted by Gasteiger charge is -2.36. The molecule has 23 heavy (non-hydrogen) atoms. The van der Waals surface area contributed by atoms with Gasteiger partial charge < -0.3 is 10.2 Å². The number of rotatable bonds is 4. The van der Waals surface area contributed by atoms with E-state index in [1.165, 1.54) is 0 Å². The number of hydrogen-bond acceptors (Lipinski definition) is 2. The average molecular weight is 357 g/mol. The summed E-state index contributed by atoms with van der Waals surface area (Å²) in [5.41, 5.74) is -0.0641. The van der Waals surface area contributed by atoms with Crippen LogP contribution in [0.2, 0.25) is 5.02 Å². The highest BCUT2D eigenvalue weighted by atomic mass is 35.5. The molecule has 1 aromatic carbocycles. The van der Waals surface area contributed by atoms with Crippen LogP contribution in [0.4, 0.5) is 0 Å². The zero-order valence-corrected chi connectivity index (χ0v) is 15.0. The van der Waals surface area contributed by atoms with E-state index in [1.807, 2.05) is 18.7 Å². The predicted octanol–water partition coefficient (Wildman–Crippen LogP) is 3.33. The average Bonchev–Trinajstić information content (AvgIpc) is 2.55. The molecule has 1 aliphatic rings. The molecule has 6 heteroatoms. The van der Waals surface area contributed by atoms with E-state index < -0.39 is 5.41 Å². The van der Waals surface area contributed by atoms with Gasteiger partial charge in [-0.15, -0.1) is 11.6 Å². The second kappa shape index (κ2) is 7.54. The van der Waals surface area contributed by atoms with Gasteiger partial charge in [-0.3, -0.25) is 9.59 Å². The van der Waals surface area contributed by atoms with Crippen LogP contribution in [0.3, 0.4) is 0 Å². The summed E-state index contributed by atoms with van der Waals surface area (Å²) < 4.78 is 0. The Labute approximate surface area is 147 Å². The van der Waals surface area contributed by atoms with Crippen LogP contribution in [0.1, 0.15) is 37.0 Å². The van der Waals surface area contributed by atoms with E-state index in [2.05, 4.69) is 5.32 Å². The molecule has 0 aromatic heterocycles. The number of amides is 2. The van der Waals surface area contributed by atoms with Crippen molar-refractivity contribution in [3.63, 3.8) is 0 Å². The lowest BCUT2D eigenvalue weighted by molar-refractivity contribution is -0.140. The summed E-state index contributed by atoms with van der Waals surface area (Å²) in [4.78, 5) is 26.5. The highest BCUT2D eigenvalue weighted by Gasteiger charge is 2.33. The van der Waals surface area contributed by atoms with Crippen molar-refractivity contribution in [1.82, 2.24) is 10.2 Å². The first-order chi connectivity index (χ1) is 10.8. The lowest BCUT2D eigenvalue weighted by Crippen LogP contribution is -2.50. The van der Waals surface area contributed by atoms with Gasteiger partial charge in [0.25, 0.3) is 5.91 Å². The third kappa shape index (κ3) is 4.39. The number of hydrogen-bond donors (Lipinski definition) is 1. The first-order valence-corrected chi connectivity index (χ1v) is 8.67. The van der Waals surface area contributed by atoms with Crippen LogP contribution in [-0.2, 0) is 4.79 Å². The molecule has 1 aromatic rings. The fourth-order valence-corrected chi connectivity index (χ4v) is 2.96. The van der Waals surface area contributed by atoms with Crippen molar-refractivity contribution in [2.24, 2.45) is 5.41 Å².